The molecule has 4 aromatic heterocycles. The van der Waals surface area contributed by atoms with Crippen LogP contribution >= 0.6 is 0 Å². The van der Waals surface area contributed by atoms with E-state index in [0.29, 0.717) is 29.9 Å². The Hall–Kier alpha value is -4.75. The first-order chi connectivity index (χ1) is 18.8. The van der Waals surface area contributed by atoms with E-state index in [1.54, 1.807) is 12.1 Å². The summed E-state index contributed by atoms with van der Waals surface area (Å²) in [6.07, 6.45) is -0.239. The maximum atomic E-state index is 14.6. The summed E-state index contributed by atoms with van der Waals surface area (Å²) >= 11 is 0. The number of aromatic nitrogens is 6. The Kier molecular flexibility index (Phi) is 5.81. The van der Waals surface area contributed by atoms with Gasteiger partial charge in [-0.25, -0.2) is 19.2 Å². The third-order valence-corrected chi connectivity index (χ3v) is 6.37. The van der Waals surface area contributed by atoms with E-state index in [1.807, 2.05) is 0 Å². The standard InChI is InChI=1S/C25H19F4N7O3/c1-2-38-23(37)19-20(25(27,28)29)33-21-14(4-3-8-35(19)21)16-11-31-24(36-12-32-34-22(16)36)30-10-15-13-7-9-39-18(13)6-5-17(15)26/h3-6,8,11-12H,2,7,9-10H2,1H3,(H,30,31). The van der Waals surface area contributed by atoms with E-state index >= 15 is 0 Å². The van der Waals surface area contributed by atoms with Crippen LogP contribution in [0.2, 0.25) is 0 Å². The average molecular weight is 541 g/mol. The molecule has 0 bridgehead atoms. The zero-order valence-electron chi connectivity index (χ0n) is 20.3. The van der Waals surface area contributed by atoms with Crippen molar-refractivity contribution in [2.75, 3.05) is 18.5 Å². The molecule has 6 rings (SSSR count). The van der Waals surface area contributed by atoms with Crippen LogP contribution in [0.5, 0.6) is 5.75 Å². The number of benzene rings is 1. The van der Waals surface area contributed by atoms with Crippen molar-refractivity contribution in [2.45, 2.75) is 26.1 Å². The molecule has 1 aliphatic rings. The molecule has 0 fully saturated rings. The van der Waals surface area contributed by atoms with Gasteiger partial charge in [0.25, 0.3) is 0 Å². The van der Waals surface area contributed by atoms with Gasteiger partial charge in [0.2, 0.25) is 5.95 Å². The zero-order valence-corrected chi connectivity index (χ0v) is 20.3. The average Bonchev–Trinajstić information content (AvgIpc) is 3.66. The minimum Gasteiger partial charge on any atom is -0.493 e. The van der Waals surface area contributed by atoms with Crippen molar-refractivity contribution in [3.63, 3.8) is 0 Å². The molecule has 1 aromatic carbocycles. The Bertz CT molecular complexity index is 1750. The number of carbonyl (C=O) groups is 1. The van der Waals surface area contributed by atoms with Crippen LogP contribution in [-0.4, -0.2) is 48.1 Å². The van der Waals surface area contributed by atoms with E-state index in [4.69, 9.17) is 9.47 Å². The molecule has 0 saturated carbocycles. The smallest absolute Gasteiger partial charge is 0.435 e. The molecule has 1 aliphatic heterocycles. The molecule has 5 heterocycles. The van der Waals surface area contributed by atoms with Gasteiger partial charge in [0.1, 0.15) is 23.5 Å². The highest BCUT2D eigenvalue weighted by Crippen LogP contribution is 2.36. The molecule has 0 spiro atoms. The predicted octanol–water partition coefficient (Wildman–Crippen LogP) is 4.32. The Morgan fingerprint density at radius 3 is 2.82 bits per heavy atom. The third-order valence-electron chi connectivity index (χ3n) is 6.37. The molecule has 0 radical (unpaired) electrons. The Morgan fingerprint density at radius 2 is 2.03 bits per heavy atom. The molecule has 1 N–H and O–H groups in total. The summed E-state index contributed by atoms with van der Waals surface area (Å²) in [5.41, 5.74) is -0.185. The number of carbonyl (C=O) groups excluding carboxylic acids is 1. The molecule has 0 amide bonds. The highest BCUT2D eigenvalue weighted by atomic mass is 19.4. The summed E-state index contributed by atoms with van der Waals surface area (Å²) in [6, 6.07) is 5.96. The summed E-state index contributed by atoms with van der Waals surface area (Å²) in [5, 5.41) is 11.1. The highest BCUT2D eigenvalue weighted by molar-refractivity contribution is 5.93. The topological polar surface area (TPSA) is 108 Å². The lowest BCUT2D eigenvalue weighted by atomic mass is 10.0. The number of esters is 1. The van der Waals surface area contributed by atoms with Gasteiger partial charge in [-0.05, 0) is 31.2 Å². The molecule has 39 heavy (non-hydrogen) atoms. The second-order valence-electron chi connectivity index (χ2n) is 8.62. The number of pyridine rings is 1. The first-order valence-electron chi connectivity index (χ1n) is 11.9. The van der Waals surface area contributed by atoms with E-state index in [9.17, 15) is 22.4 Å². The number of halogens is 4. The minimum atomic E-state index is -4.90. The van der Waals surface area contributed by atoms with Gasteiger partial charge in [0, 0.05) is 47.6 Å². The monoisotopic (exact) mass is 541 g/mol. The molecule has 0 saturated heterocycles. The maximum absolute atomic E-state index is 14.6. The number of ether oxygens (including phenoxy) is 2. The van der Waals surface area contributed by atoms with Gasteiger partial charge in [-0.1, -0.05) is 0 Å². The van der Waals surface area contributed by atoms with Crippen LogP contribution in [0, 0.1) is 5.82 Å². The molecular formula is C25H19F4N7O3. The maximum Gasteiger partial charge on any atom is 0.435 e. The number of hydrogen-bond acceptors (Lipinski definition) is 8. The number of nitrogens with one attached hydrogen (secondary N) is 1. The summed E-state index contributed by atoms with van der Waals surface area (Å²) < 4.78 is 69.1. The van der Waals surface area contributed by atoms with Gasteiger partial charge in [0.05, 0.1) is 13.2 Å². The van der Waals surface area contributed by atoms with Crippen molar-refractivity contribution in [1.29, 1.82) is 0 Å². The van der Waals surface area contributed by atoms with Crippen molar-refractivity contribution in [3.8, 4) is 16.9 Å². The molecule has 0 atom stereocenters. The van der Waals surface area contributed by atoms with Gasteiger partial charge < -0.3 is 14.8 Å². The second-order valence-corrected chi connectivity index (χ2v) is 8.62. The van der Waals surface area contributed by atoms with Gasteiger partial charge in [-0.2, -0.15) is 13.2 Å². The molecule has 14 heteroatoms. The van der Waals surface area contributed by atoms with Crippen molar-refractivity contribution >= 4 is 23.2 Å². The zero-order chi connectivity index (χ0) is 27.3. The fourth-order valence-electron chi connectivity index (χ4n) is 4.68. The Balaban J connectivity index is 1.43. The molecular weight excluding hydrogens is 522 g/mol. The van der Waals surface area contributed by atoms with Crippen LogP contribution in [0.1, 0.15) is 34.2 Å². The minimum absolute atomic E-state index is 0.103. The number of anilines is 1. The SMILES string of the molecule is CCOC(=O)c1c(C(F)(F)F)nc2c(-c3cnc(NCc4c(F)ccc5c4CCO5)n4cnnc34)cccn12. The molecule has 0 unspecified atom stereocenters. The first-order valence-corrected chi connectivity index (χ1v) is 11.9. The molecule has 200 valence electrons. The predicted molar refractivity (Wildman–Crippen MR) is 129 cm³/mol. The number of alkyl halides is 3. The second kappa shape index (κ2) is 9.22. The largest absolute Gasteiger partial charge is 0.493 e. The van der Waals surface area contributed by atoms with Gasteiger partial charge in [0.15, 0.2) is 17.0 Å². The van der Waals surface area contributed by atoms with Crippen LogP contribution in [0.3, 0.4) is 0 Å². The van der Waals surface area contributed by atoms with Crippen LogP contribution in [-0.2, 0) is 23.9 Å². The van der Waals surface area contributed by atoms with Gasteiger partial charge >= 0.3 is 12.1 Å². The first kappa shape index (κ1) is 24.6. The van der Waals surface area contributed by atoms with Crippen molar-refractivity contribution in [2.24, 2.45) is 0 Å². The van der Waals surface area contributed by atoms with Crippen LogP contribution < -0.4 is 10.1 Å². The number of hydrogen-bond donors (Lipinski definition) is 1. The van der Waals surface area contributed by atoms with E-state index in [-0.39, 0.29) is 41.8 Å². The fraction of sp³-hybridized carbons (Fsp3) is 0.240. The van der Waals surface area contributed by atoms with Crippen molar-refractivity contribution in [1.82, 2.24) is 29.0 Å². The Morgan fingerprint density at radius 1 is 1.18 bits per heavy atom. The number of fused-ring (bicyclic) bond motifs is 3. The van der Waals surface area contributed by atoms with E-state index in [2.05, 4.69) is 25.5 Å². The van der Waals surface area contributed by atoms with Gasteiger partial charge in [-0.3, -0.25) is 8.80 Å². The third kappa shape index (κ3) is 4.08. The fourth-order valence-corrected chi connectivity index (χ4v) is 4.68. The Labute approximate surface area is 217 Å². The summed E-state index contributed by atoms with van der Waals surface area (Å²) in [4.78, 5) is 20.7. The lowest BCUT2D eigenvalue weighted by molar-refractivity contribution is -0.141. The molecule has 5 aromatic rings. The van der Waals surface area contributed by atoms with Crippen LogP contribution in [0.25, 0.3) is 22.4 Å². The van der Waals surface area contributed by atoms with Gasteiger partial charge in [-0.15, -0.1) is 10.2 Å². The van der Waals surface area contributed by atoms with E-state index in [1.165, 1.54) is 42.2 Å². The van der Waals surface area contributed by atoms with E-state index in [0.717, 1.165) is 9.96 Å². The molecule has 0 aliphatic carbocycles. The number of rotatable bonds is 6. The highest BCUT2D eigenvalue weighted by Gasteiger charge is 2.41. The lowest BCUT2D eigenvalue weighted by Crippen LogP contribution is -2.16. The quantitative estimate of drug-likeness (QED) is 0.250. The number of imidazole rings is 1. The van der Waals surface area contributed by atoms with Crippen LogP contribution in [0.15, 0.2) is 43.0 Å². The van der Waals surface area contributed by atoms with Crippen LogP contribution in [0.4, 0.5) is 23.5 Å². The van der Waals surface area contributed by atoms with Crippen molar-refractivity contribution in [3.05, 3.63) is 71.3 Å². The summed E-state index contributed by atoms with van der Waals surface area (Å²) in [7, 11) is 0. The number of nitrogens with zero attached hydrogens (tertiary/aromatic N) is 6. The normalized spacial score (nSPS) is 13.1. The van der Waals surface area contributed by atoms with E-state index < -0.39 is 23.5 Å². The van der Waals surface area contributed by atoms with Crippen molar-refractivity contribution < 1.29 is 31.8 Å². The molecule has 10 nitrogen and oxygen atoms in total. The lowest BCUT2D eigenvalue weighted by Gasteiger charge is -2.13. The summed E-state index contributed by atoms with van der Waals surface area (Å²) in [5.74, 6) is -0.607. The summed E-state index contributed by atoms with van der Waals surface area (Å²) in [6.45, 7) is 1.97.